The number of aliphatic carboxylic acids is 1. The number of carbonyl (C=O) groups is 1. The zero-order valence-corrected chi connectivity index (χ0v) is 12.6. The fourth-order valence-corrected chi connectivity index (χ4v) is 3.22. The molecule has 0 spiro atoms. The number of carboxylic acid groups (broad SMARTS) is 1. The van der Waals surface area contributed by atoms with Gasteiger partial charge in [-0.3, -0.25) is 4.79 Å². The maximum atomic E-state index is 11.2. The molecule has 4 nitrogen and oxygen atoms in total. The molecule has 0 saturated heterocycles. The van der Waals surface area contributed by atoms with E-state index in [4.69, 9.17) is 0 Å². The summed E-state index contributed by atoms with van der Waals surface area (Å²) in [6.07, 6.45) is 7.43. The molecular weight excluding hydrogens is 252 g/mol. The zero-order chi connectivity index (χ0) is 14.7. The molecule has 1 aromatic heterocycles. The van der Waals surface area contributed by atoms with Crippen molar-refractivity contribution in [3.05, 3.63) is 22.8 Å². The Balaban J connectivity index is 2.31. The Bertz CT molecular complexity index is 468. The predicted octanol–water partition coefficient (Wildman–Crippen LogP) is 3.72. The second-order valence-corrected chi connectivity index (χ2v) is 5.91. The van der Waals surface area contributed by atoms with Crippen LogP contribution in [0.4, 0.5) is 0 Å². The number of aromatic nitrogens is 2. The molecule has 0 bridgehead atoms. The third-order valence-corrected chi connectivity index (χ3v) is 4.37. The van der Waals surface area contributed by atoms with Crippen LogP contribution in [-0.2, 0) is 4.79 Å². The quantitative estimate of drug-likeness (QED) is 0.855. The normalized spacial score (nSPS) is 18.6. The Kier molecular flexibility index (Phi) is 4.73. The highest BCUT2D eigenvalue weighted by Gasteiger charge is 2.23. The van der Waals surface area contributed by atoms with E-state index < -0.39 is 11.9 Å². The van der Waals surface area contributed by atoms with E-state index in [0.29, 0.717) is 5.92 Å². The Morgan fingerprint density at radius 3 is 2.05 bits per heavy atom. The molecule has 0 radical (unpaired) electrons. The molecular formula is C16H24N2O2. The van der Waals surface area contributed by atoms with Crippen LogP contribution in [-0.4, -0.2) is 21.0 Å². The summed E-state index contributed by atoms with van der Waals surface area (Å²) in [7, 11) is 0. The number of hydrogen-bond acceptors (Lipinski definition) is 3. The van der Waals surface area contributed by atoms with Gasteiger partial charge in [0.15, 0.2) is 0 Å². The van der Waals surface area contributed by atoms with Gasteiger partial charge in [-0.25, -0.2) is 9.97 Å². The van der Waals surface area contributed by atoms with E-state index in [1.807, 2.05) is 13.8 Å². The summed E-state index contributed by atoms with van der Waals surface area (Å²) in [6, 6.07) is 0. The smallest absolute Gasteiger partial charge is 0.310 e. The van der Waals surface area contributed by atoms with E-state index in [0.717, 1.165) is 35.6 Å². The number of aryl methyl sites for hydroxylation is 2. The second-order valence-electron chi connectivity index (χ2n) is 5.91. The van der Waals surface area contributed by atoms with Crippen molar-refractivity contribution in [1.29, 1.82) is 0 Å². The summed E-state index contributed by atoms with van der Waals surface area (Å²) in [5, 5.41) is 9.18. The average molecular weight is 276 g/mol. The zero-order valence-electron chi connectivity index (χ0n) is 12.6. The highest BCUT2D eigenvalue weighted by Crippen LogP contribution is 2.31. The van der Waals surface area contributed by atoms with Crippen LogP contribution in [0.15, 0.2) is 0 Å². The molecule has 0 aromatic carbocycles. The molecule has 4 heteroatoms. The number of carboxylic acids is 1. The lowest BCUT2D eigenvalue weighted by molar-refractivity contribution is -0.138. The van der Waals surface area contributed by atoms with Crippen LogP contribution in [0, 0.1) is 13.8 Å². The van der Waals surface area contributed by atoms with Gasteiger partial charge in [0, 0.05) is 22.9 Å². The van der Waals surface area contributed by atoms with Gasteiger partial charge in [-0.1, -0.05) is 25.7 Å². The minimum atomic E-state index is -0.818. The summed E-state index contributed by atoms with van der Waals surface area (Å²) in [5.74, 6) is 0.00697. The van der Waals surface area contributed by atoms with Gasteiger partial charge in [0.05, 0.1) is 5.92 Å². The fraction of sp³-hybridized carbons (Fsp3) is 0.688. The molecule has 1 aliphatic rings. The topological polar surface area (TPSA) is 63.1 Å². The van der Waals surface area contributed by atoms with Gasteiger partial charge < -0.3 is 5.11 Å². The number of nitrogens with zero attached hydrogens (tertiary/aromatic N) is 2. The summed E-state index contributed by atoms with van der Waals surface area (Å²) in [6.45, 7) is 5.51. The maximum absolute atomic E-state index is 11.2. The van der Waals surface area contributed by atoms with E-state index in [1.54, 1.807) is 6.92 Å². The molecule has 1 saturated carbocycles. The monoisotopic (exact) mass is 276 g/mol. The first kappa shape index (κ1) is 14.9. The Morgan fingerprint density at radius 2 is 1.60 bits per heavy atom. The van der Waals surface area contributed by atoms with Gasteiger partial charge in [-0.2, -0.15) is 0 Å². The summed E-state index contributed by atoms with van der Waals surface area (Å²) < 4.78 is 0. The first-order valence-electron chi connectivity index (χ1n) is 7.58. The first-order chi connectivity index (χ1) is 9.50. The lowest BCUT2D eigenvalue weighted by Crippen LogP contribution is -2.15. The molecule has 1 N–H and O–H groups in total. The van der Waals surface area contributed by atoms with Gasteiger partial charge in [0.2, 0.25) is 0 Å². The van der Waals surface area contributed by atoms with Crippen molar-refractivity contribution in [3.63, 3.8) is 0 Å². The average Bonchev–Trinajstić information content (AvgIpc) is 2.66. The third kappa shape index (κ3) is 3.17. The van der Waals surface area contributed by atoms with E-state index in [-0.39, 0.29) is 0 Å². The lowest BCUT2D eigenvalue weighted by Gasteiger charge is -2.18. The molecule has 0 aliphatic heterocycles. The van der Waals surface area contributed by atoms with Gasteiger partial charge >= 0.3 is 5.97 Å². The molecule has 2 rings (SSSR count). The lowest BCUT2D eigenvalue weighted by atomic mass is 9.95. The van der Waals surface area contributed by atoms with Crippen molar-refractivity contribution >= 4 is 5.97 Å². The molecule has 1 aromatic rings. The van der Waals surface area contributed by atoms with Gasteiger partial charge in [-0.05, 0) is 33.6 Å². The standard InChI is InChI=1S/C16H24N2O2/c1-10(16(19)20)14-11(2)17-15(18-12(14)3)13-8-6-4-5-7-9-13/h10,13H,4-9H2,1-3H3,(H,19,20). The highest BCUT2D eigenvalue weighted by atomic mass is 16.4. The van der Waals surface area contributed by atoms with Crippen LogP contribution in [0.5, 0.6) is 0 Å². The number of hydrogen-bond donors (Lipinski definition) is 1. The Labute approximate surface area is 120 Å². The molecule has 1 atom stereocenters. The van der Waals surface area contributed by atoms with Crippen molar-refractivity contribution in [1.82, 2.24) is 9.97 Å². The van der Waals surface area contributed by atoms with Gasteiger partial charge in [0.1, 0.15) is 5.82 Å². The Hall–Kier alpha value is -1.45. The fourth-order valence-electron chi connectivity index (χ4n) is 3.22. The van der Waals surface area contributed by atoms with E-state index >= 15 is 0 Å². The van der Waals surface area contributed by atoms with E-state index in [9.17, 15) is 9.90 Å². The molecule has 1 unspecified atom stereocenters. The largest absolute Gasteiger partial charge is 0.481 e. The van der Waals surface area contributed by atoms with Crippen molar-refractivity contribution in [2.75, 3.05) is 0 Å². The molecule has 110 valence electrons. The third-order valence-electron chi connectivity index (χ3n) is 4.37. The van der Waals surface area contributed by atoms with Crippen molar-refractivity contribution in [3.8, 4) is 0 Å². The summed E-state index contributed by atoms with van der Waals surface area (Å²) >= 11 is 0. The van der Waals surface area contributed by atoms with Crippen LogP contribution in [0.2, 0.25) is 0 Å². The number of rotatable bonds is 3. The highest BCUT2D eigenvalue weighted by molar-refractivity contribution is 5.76. The van der Waals surface area contributed by atoms with Crippen molar-refractivity contribution in [2.45, 2.75) is 71.1 Å². The van der Waals surface area contributed by atoms with E-state index in [1.165, 1.54) is 25.7 Å². The van der Waals surface area contributed by atoms with Crippen LogP contribution in [0.25, 0.3) is 0 Å². The van der Waals surface area contributed by atoms with Gasteiger partial charge in [-0.15, -0.1) is 0 Å². The van der Waals surface area contributed by atoms with Crippen molar-refractivity contribution < 1.29 is 9.90 Å². The van der Waals surface area contributed by atoms with Crippen LogP contribution < -0.4 is 0 Å². The second kappa shape index (κ2) is 6.33. The minimum Gasteiger partial charge on any atom is -0.481 e. The molecule has 0 amide bonds. The first-order valence-corrected chi connectivity index (χ1v) is 7.58. The minimum absolute atomic E-state index is 0.448. The van der Waals surface area contributed by atoms with Gasteiger partial charge in [0.25, 0.3) is 0 Å². The van der Waals surface area contributed by atoms with Crippen LogP contribution >= 0.6 is 0 Å². The van der Waals surface area contributed by atoms with Crippen LogP contribution in [0.3, 0.4) is 0 Å². The molecule has 1 aliphatic carbocycles. The summed E-state index contributed by atoms with van der Waals surface area (Å²) in [4.78, 5) is 20.4. The van der Waals surface area contributed by atoms with Crippen molar-refractivity contribution in [2.24, 2.45) is 0 Å². The maximum Gasteiger partial charge on any atom is 0.310 e. The van der Waals surface area contributed by atoms with E-state index in [2.05, 4.69) is 9.97 Å². The molecule has 1 heterocycles. The molecule has 20 heavy (non-hydrogen) atoms. The SMILES string of the molecule is Cc1nc(C2CCCCCC2)nc(C)c1C(C)C(=O)O. The Morgan fingerprint density at radius 1 is 1.10 bits per heavy atom. The van der Waals surface area contributed by atoms with Crippen LogP contribution in [0.1, 0.15) is 80.1 Å². The molecule has 1 fully saturated rings. The predicted molar refractivity (Wildman–Crippen MR) is 78.0 cm³/mol. The summed E-state index contributed by atoms with van der Waals surface area (Å²) in [5.41, 5.74) is 2.42.